The van der Waals surface area contributed by atoms with E-state index < -0.39 is 0 Å². The van der Waals surface area contributed by atoms with E-state index in [1.807, 2.05) is 20.0 Å². The molecule has 0 bridgehead atoms. The van der Waals surface area contributed by atoms with Gasteiger partial charge in [0.2, 0.25) is 0 Å². The minimum atomic E-state index is -0.233. The first-order valence-corrected chi connectivity index (χ1v) is 7.61. The summed E-state index contributed by atoms with van der Waals surface area (Å²) in [4.78, 5) is 4.35. The van der Waals surface area contributed by atoms with Crippen molar-refractivity contribution in [3.8, 4) is 0 Å². The zero-order valence-corrected chi connectivity index (χ0v) is 14.4. The molecule has 4 nitrogen and oxygen atoms in total. The van der Waals surface area contributed by atoms with Crippen LogP contribution in [0.25, 0.3) is 0 Å². The van der Waals surface area contributed by atoms with Crippen LogP contribution >= 0.6 is 43.5 Å². The Bertz CT molecular complexity index is 612. The maximum absolute atomic E-state index is 6.22. The second kappa shape index (κ2) is 5.91. The van der Waals surface area contributed by atoms with E-state index in [1.165, 1.54) is 0 Å². The Hall–Kier alpha value is -0.430. The fraction of sp³-hybridized carbons (Fsp3) is 0.333. The van der Waals surface area contributed by atoms with Crippen LogP contribution in [0.1, 0.15) is 23.0 Å². The molecule has 1 unspecified atom stereocenters. The predicted molar refractivity (Wildman–Crippen MR) is 83.2 cm³/mol. The number of pyridine rings is 1. The third kappa shape index (κ3) is 3.18. The quantitative estimate of drug-likeness (QED) is 0.845. The number of halogens is 3. The van der Waals surface area contributed by atoms with Gasteiger partial charge in [-0.15, -0.1) is 0 Å². The molecule has 0 amide bonds. The van der Waals surface area contributed by atoms with Crippen LogP contribution in [0.4, 0.5) is 0 Å². The fourth-order valence-corrected chi connectivity index (χ4v) is 3.45. The van der Waals surface area contributed by atoms with Crippen molar-refractivity contribution in [2.75, 3.05) is 0 Å². The van der Waals surface area contributed by atoms with Crippen LogP contribution in [0.2, 0.25) is 5.15 Å². The number of aromatic nitrogens is 3. The fourth-order valence-electron chi connectivity index (χ4n) is 1.92. The van der Waals surface area contributed by atoms with Crippen LogP contribution in [0.15, 0.2) is 21.2 Å². The summed E-state index contributed by atoms with van der Waals surface area (Å²) in [6, 6.07) is 1.70. The Labute approximate surface area is 133 Å². The van der Waals surface area contributed by atoms with E-state index in [2.05, 4.69) is 41.9 Å². The van der Waals surface area contributed by atoms with Crippen LogP contribution < -0.4 is 5.73 Å². The standard InChI is InChI=1S/C12H13Br2ClN4/c1-6-8(12(15)19(2)18-6)4-10(16)11-9(14)3-7(13)5-17-11/h3,5,10H,4,16H2,1-2H3. The lowest BCUT2D eigenvalue weighted by atomic mass is 10.0. The summed E-state index contributed by atoms with van der Waals surface area (Å²) in [5, 5.41) is 4.91. The number of nitrogens with zero attached hydrogens (tertiary/aromatic N) is 3. The van der Waals surface area contributed by atoms with Gasteiger partial charge < -0.3 is 5.73 Å². The van der Waals surface area contributed by atoms with Gasteiger partial charge in [0, 0.05) is 27.8 Å². The summed E-state index contributed by atoms with van der Waals surface area (Å²) in [7, 11) is 1.82. The first kappa shape index (κ1) is 15.0. The van der Waals surface area contributed by atoms with Gasteiger partial charge in [0.05, 0.1) is 17.4 Å². The van der Waals surface area contributed by atoms with E-state index in [0.717, 1.165) is 25.9 Å². The topological polar surface area (TPSA) is 56.7 Å². The Balaban J connectivity index is 2.28. The van der Waals surface area contributed by atoms with Crippen LogP contribution in [0, 0.1) is 6.92 Å². The zero-order chi connectivity index (χ0) is 14.2. The molecule has 102 valence electrons. The van der Waals surface area contributed by atoms with Gasteiger partial charge in [0.1, 0.15) is 5.15 Å². The van der Waals surface area contributed by atoms with E-state index in [0.29, 0.717) is 11.6 Å². The lowest BCUT2D eigenvalue weighted by Gasteiger charge is -2.13. The maximum atomic E-state index is 6.22. The van der Waals surface area contributed by atoms with Gasteiger partial charge in [-0.25, -0.2) is 0 Å². The average Bonchev–Trinajstić information content (AvgIpc) is 2.56. The lowest BCUT2D eigenvalue weighted by molar-refractivity contribution is 0.689. The van der Waals surface area contributed by atoms with Gasteiger partial charge in [0.25, 0.3) is 0 Å². The minimum absolute atomic E-state index is 0.233. The SMILES string of the molecule is Cc1nn(C)c(Cl)c1CC(N)c1ncc(Br)cc1Br. The molecule has 7 heteroatoms. The van der Waals surface area contributed by atoms with Crippen molar-refractivity contribution < 1.29 is 0 Å². The monoisotopic (exact) mass is 406 g/mol. The summed E-state index contributed by atoms with van der Waals surface area (Å²) in [6.45, 7) is 1.93. The van der Waals surface area contributed by atoms with Crippen molar-refractivity contribution in [2.24, 2.45) is 12.8 Å². The largest absolute Gasteiger partial charge is 0.322 e. The second-order valence-corrected chi connectivity index (χ2v) is 6.44. The molecule has 0 saturated heterocycles. The average molecular weight is 409 g/mol. The van der Waals surface area contributed by atoms with E-state index in [9.17, 15) is 0 Å². The molecular weight excluding hydrogens is 395 g/mol. The summed E-state index contributed by atoms with van der Waals surface area (Å²) in [6.07, 6.45) is 2.34. The van der Waals surface area contributed by atoms with Crippen molar-refractivity contribution in [2.45, 2.75) is 19.4 Å². The Morgan fingerprint density at radius 2 is 2.16 bits per heavy atom. The van der Waals surface area contributed by atoms with E-state index >= 15 is 0 Å². The normalized spacial score (nSPS) is 12.7. The number of aryl methyl sites for hydroxylation is 2. The van der Waals surface area contributed by atoms with E-state index in [4.69, 9.17) is 17.3 Å². The summed E-state index contributed by atoms with van der Waals surface area (Å²) >= 11 is 13.1. The summed E-state index contributed by atoms with van der Waals surface area (Å²) in [5.74, 6) is 0. The van der Waals surface area contributed by atoms with Gasteiger partial charge in [-0.2, -0.15) is 5.10 Å². The third-order valence-electron chi connectivity index (χ3n) is 2.88. The molecule has 0 fully saturated rings. The van der Waals surface area contributed by atoms with Crippen molar-refractivity contribution >= 4 is 43.5 Å². The van der Waals surface area contributed by atoms with Crippen molar-refractivity contribution in [3.05, 3.63) is 43.3 Å². The van der Waals surface area contributed by atoms with Crippen LogP contribution in [-0.2, 0) is 13.5 Å². The molecule has 19 heavy (non-hydrogen) atoms. The number of nitrogens with two attached hydrogens (primary N) is 1. The molecule has 2 aromatic heterocycles. The van der Waals surface area contributed by atoms with Crippen LogP contribution in [0.5, 0.6) is 0 Å². The Morgan fingerprint density at radius 1 is 1.47 bits per heavy atom. The van der Waals surface area contributed by atoms with Crippen molar-refractivity contribution in [1.29, 1.82) is 0 Å². The van der Waals surface area contributed by atoms with Crippen molar-refractivity contribution in [1.82, 2.24) is 14.8 Å². The summed E-state index contributed by atoms with van der Waals surface area (Å²) < 4.78 is 3.45. The summed E-state index contributed by atoms with van der Waals surface area (Å²) in [5.41, 5.74) is 8.89. The predicted octanol–water partition coefficient (Wildman–Crippen LogP) is 3.54. The van der Waals surface area contributed by atoms with Gasteiger partial charge >= 0.3 is 0 Å². The number of hydrogen-bond donors (Lipinski definition) is 1. The van der Waals surface area contributed by atoms with E-state index in [-0.39, 0.29) is 6.04 Å². The molecule has 1 atom stereocenters. The van der Waals surface area contributed by atoms with E-state index in [1.54, 1.807) is 10.9 Å². The molecule has 0 radical (unpaired) electrons. The van der Waals surface area contributed by atoms with Crippen LogP contribution in [0.3, 0.4) is 0 Å². The molecular formula is C12H13Br2ClN4. The highest BCUT2D eigenvalue weighted by molar-refractivity contribution is 9.11. The molecule has 2 rings (SSSR count). The highest BCUT2D eigenvalue weighted by atomic mass is 79.9. The van der Waals surface area contributed by atoms with Gasteiger partial charge in [0.15, 0.2) is 0 Å². The molecule has 0 aliphatic carbocycles. The smallest absolute Gasteiger partial charge is 0.130 e. The first-order valence-electron chi connectivity index (χ1n) is 5.64. The van der Waals surface area contributed by atoms with Gasteiger partial charge in [-0.05, 0) is 51.3 Å². The number of hydrogen-bond acceptors (Lipinski definition) is 3. The first-order chi connectivity index (χ1) is 8.90. The maximum Gasteiger partial charge on any atom is 0.130 e. The van der Waals surface area contributed by atoms with Crippen LogP contribution in [-0.4, -0.2) is 14.8 Å². The highest BCUT2D eigenvalue weighted by Gasteiger charge is 2.18. The Kier molecular flexibility index (Phi) is 4.66. The van der Waals surface area contributed by atoms with Gasteiger partial charge in [-0.1, -0.05) is 11.6 Å². The van der Waals surface area contributed by atoms with Crippen molar-refractivity contribution in [3.63, 3.8) is 0 Å². The molecule has 2 N–H and O–H groups in total. The molecule has 2 heterocycles. The molecule has 2 aromatic rings. The molecule has 0 aliphatic heterocycles. The lowest BCUT2D eigenvalue weighted by Crippen LogP contribution is -2.16. The molecule has 0 aliphatic rings. The molecule has 0 spiro atoms. The zero-order valence-electron chi connectivity index (χ0n) is 10.5. The third-order valence-corrected chi connectivity index (χ3v) is 4.42. The minimum Gasteiger partial charge on any atom is -0.322 e. The van der Waals surface area contributed by atoms with Gasteiger partial charge in [-0.3, -0.25) is 9.67 Å². The Morgan fingerprint density at radius 3 is 2.68 bits per heavy atom. The number of rotatable bonds is 3. The second-order valence-electron chi connectivity index (χ2n) is 4.31. The molecule has 0 saturated carbocycles. The highest BCUT2D eigenvalue weighted by Crippen LogP contribution is 2.28. The molecule has 0 aromatic carbocycles.